The minimum Gasteiger partial charge on any atom is -0.325 e. The number of amides is 1. The Hall–Kier alpha value is -2.49. The maximum Gasteiger partial charge on any atom is 0.306 e. The molecule has 1 amide bonds. The molecule has 26 heavy (non-hydrogen) atoms. The van der Waals surface area contributed by atoms with Crippen molar-refractivity contribution in [2.24, 2.45) is 0 Å². The number of hydrogen-bond donors (Lipinski definition) is 1. The first-order valence-corrected chi connectivity index (χ1v) is 9.13. The zero-order chi connectivity index (χ0) is 18.8. The van der Waals surface area contributed by atoms with E-state index in [-0.39, 0.29) is 11.6 Å². The van der Waals surface area contributed by atoms with Gasteiger partial charge in [-0.3, -0.25) is 14.9 Å². The van der Waals surface area contributed by atoms with Crippen molar-refractivity contribution < 1.29 is 14.1 Å². The minimum atomic E-state index is -0.945. The molecule has 1 heterocycles. The number of hydrogen-bond acceptors (Lipinski definition) is 6. The van der Waals surface area contributed by atoms with Crippen molar-refractivity contribution in [2.45, 2.75) is 49.6 Å². The Balaban J connectivity index is 1.69. The van der Waals surface area contributed by atoms with E-state index < -0.39 is 21.7 Å². The molecule has 1 fully saturated rings. The smallest absolute Gasteiger partial charge is 0.306 e. The SMILES string of the molecule is CCn1c(S[C@@H](C)C(=O)Nc2ccc(F)c([N+](=O)[O-])c2)nnc1C1CC1. The topological polar surface area (TPSA) is 103 Å². The van der Waals surface area contributed by atoms with Gasteiger partial charge in [0.05, 0.1) is 10.2 Å². The highest BCUT2D eigenvalue weighted by Gasteiger charge is 2.30. The average molecular weight is 379 g/mol. The molecular formula is C16H18FN5O3S. The van der Waals surface area contributed by atoms with Crippen molar-refractivity contribution in [3.05, 3.63) is 40.0 Å². The molecule has 2 aromatic rings. The largest absolute Gasteiger partial charge is 0.325 e. The number of thioether (sulfide) groups is 1. The maximum atomic E-state index is 13.4. The van der Waals surface area contributed by atoms with Crippen LogP contribution in [0, 0.1) is 15.9 Å². The molecule has 1 aliphatic rings. The lowest BCUT2D eigenvalue weighted by atomic mass is 10.2. The molecule has 1 aromatic carbocycles. The van der Waals surface area contributed by atoms with E-state index in [2.05, 4.69) is 15.5 Å². The fourth-order valence-electron chi connectivity index (χ4n) is 2.51. The summed E-state index contributed by atoms with van der Waals surface area (Å²) in [5, 5.41) is 22.0. The standard InChI is InChI=1S/C16H18FN5O3S/c1-3-21-14(10-4-5-10)19-20-16(21)26-9(2)15(23)18-11-6-7-12(17)13(8-11)22(24)25/h6-10H,3-5H2,1-2H3,(H,18,23)/t9-/m0/s1. The Morgan fingerprint density at radius 1 is 1.50 bits per heavy atom. The van der Waals surface area contributed by atoms with E-state index in [4.69, 9.17) is 0 Å². The summed E-state index contributed by atoms with van der Waals surface area (Å²) in [5.41, 5.74) is -0.505. The molecule has 1 aromatic heterocycles. The summed E-state index contributed by atoms with van der Waals surface area (Å²) in [6.07, 6.45) is 2.23. The van der Waals surface area contributed by atoms with Crippen LogP contribution in [0.25, 0.3) is 0 Å². The molecular weight excluding hydrogens is 361 g/mol. The molecule has 0 radical (unpaired) electrons. The lowest BCUT2D eigenvalue weighted by molar-refractivity contribution is -0.387. The van der Waals surface area contributed by atoms with Gasteiger partial charge in [-0.25, -0.2) is 0 Å². The summed E-state index contributed by atoms with van der Waals surface area (Å²) < 4.78 is 15.4. The van der Waals surface area contributed by atoms with Gasteiger partial charge in [0, 0.05) is 24.2 Å². The molecule has 3 rings (SSSR count). The van der Waals surface area contributed by atoms with Crippen LogP contribution in [0.4, 0.5) is 15.8 Å². The average Bonchev–Trinajstić information content (AvgIpc) is 3.37. The lowest BCUT2D eigenvalue weighted by Gasteiger charge is -2.12. The second-order valence-electron chi connectivity index (χ2n) is 6.03. The normalized spacial score (nSPS) is 14.9. The van der Waals surface area contributed by atoms with E-state index in [9.17, 15) is 19.3 Å². The van der Waals surface area contributed by atoms with E-state index in [1.54, 1.807) is 6.92 Å². The Morgan fingerprint density at radius 3 is 2.85 bits per heavy atom. The second-order valence-corrected chi connectivity index (χ2v) is 7.34. The fourth-order valence-corrected chi connectivity index (χ4v) is 3.43. The van der Waals surface area contributed by atoms with E-state index in [0.717, 1.165) is 37.3 Å². The summed E-state index contributed by atoms with van der Waals surface area (Å²) >= 11 is 1.27. The van der Waals surface area contributed by atoms with Gasteiger partial charge in [0.1, 0.15) is 5.82 Å². The highest BCUT2D eigenvalue weighted by molar-refractivity contribution is 8.00. The van der Waals surface area contributed by atoms with E-state index in [0.29, 0.717) is 11.1 Å². The summed E-state index contributed by atoms with van der Waals surface area (Å²) in [4.78, 5) is 22.4. The third-order valence-corrected chi connectivity index (χ3v) is 5.15. The Morgan fingerprint density at radius 2 is 2.23 bits per heavy atom. The van der Waals surface area contributed by atoms with Crippen LogP contribution in [0.15, 0.2) is 23.4 Å². The van der Waals surface area contributed by atoms with Crippen LogP contribution >= 0.6 is 11.8 Å². The number of carbonyl (C=O) groups is 1. The highest BCUT2D eigenvalue weighted by Crippen LogP contribution is 2.40. The molecule has 0 aliphatic heterocycles. The van der Waals surface area contributed by atoms with E-state index in [1.807, 2.05) is 11.5 Å². The summed E-state index contributed by atoms with van der Waals surface area (Å²) in [7, 11) is 0. The number of nitro groups is 1. The number of nitro benzene ring substituents is 1. The molecule has 1 aliphatic carbocycles. The highest BCUT2D eigenvalue weighted by atomic mass is 32.2. The Kier molecular flexibility index (Phi) is 5.21. The first-order chi connectivity index (χ1) is 12.4. The number of halogens is 1. The third kappa shape index (κ3) is 3.85. The predicted molar refractivity (Wildman–Crippen MR) is 94.7 cm³/mol. The molecule has 0 spiro atoms. The number of anilines is 1. The first kappa shape index (κ1) is 18.3. The lowest BCUT2D eigenvalue weighted by Crippen LogP contribution is -2.23. The van der Waals surface area contributed by atoms with Gasteiger partial charge in [0.2, 0.25) is 11.7 Å². The number of carbonyl (C=O) groups excluding carboxylic acids is 1. The van der Waals surface area contributed by atoms with Crippen LogP contribution in [0.5, 0.6) is 0 Å². The van der Waals surface area contributed by atoms with Crippen molar-refractivity contribution >= 4 is 29.0 Å². The molecule has 0 unspecified atom stereocenters. The van der Waals surface area contributed by atoms with Crippen molar-refractivity contribution in [1.82, 2.24) is 14.8 Å². The fraction of sp³-hybridized carbons (Fsp3) is 0.438. The van der Waals surface area contributed by atoms with Crippen molar-refractivity contribution in [2.75, 3.05) is 5.32 Å². The molecule has 1 atom stereocenters. The van der Waals surface area contributed by atoms with Gasteiger partial charge in [-0.2, -0.15) is 4.39 Å². The number of aromatic nitrogens is 3. The summed E-state index contributed by atoms with van der Waals surface area (Å²) in [6, 6.07) is 3.25. The van der Waals surface area contributed by atoms with Crippen LogP contribution in [-0.4, -0.2) is 30.8 Å². The molecule has 8 nitrogen and oxygen atoms in total. The van der Waals surface area contributed by atoms with Crippen LogP contribution in [0.2, 0.25) is 0 Å². The third-order valence-electron chi connectivity index (χ3n) is 4.07. The van der Waals surface area contributed by atoms with Crippen LogP contribution < -0.4 is 5.32 Å². The summed E-state index contributed by atoms with van der Waals surface area (Å²) in [6.45, 7) is 4.44. The number of nitrogens with one attached hydrogen (secondary N) is 1. The van der Waals surface area contributed by atoms with Crippen molar-refractivity contribution in [1.29, 1.82) is 0 Å². The van der Waals surface area contributed by atoms with Crippen LogP contribution in [-0.2, 0) is 11.3 Å². The van der Waals surface area contributed by atoms with Gasteiger partial charge in [-0.1, -0.05) is 11.8 Å². The first-order valence-electron chi connectivity index (χ1n) is 8.25. The van der Waals surface area contributed by atoms with Gasteiger partial charge in [-0.15, -0.1) is 10.2 Å². The Bertz CT molecular complexity index is 852. The molecule has 1 N–H and O–H groups in total. The molecule has 1 saturated carbocycles. The van der Waals surface area contributed by atoms with Crippen LogP contribution in [0.1, 0.15) is 38.4 Å². The molecule has 0 saturated heterocycles. The van der Waals surface area contributed by atoms with Gasteiger partial charge in [0.15, 0.2) is 5.16 Å². The number of rotatable bonds is 7. The van der Waals surface area contributed by atoms with Crippen molar-refractivity contribution in [3.8, 4) is 0 Å². The maximum absolute atomic E-state index is 13.4. The van der Waals surface area contributed by atoms with Crippen molar-refractivity contribution in [3.63, 3.8) is 0 Å². The minimum absolute atomic E-state index is 0.172. The quantitative estimate of drug-likeness (QED) is 0.450. The number of benzene rings is 1. The molecule has 10 heteroatoms. The monoisotopic (exact) mass is 379 g/mol. The predicted octanol–water partition coefficient (Wildman–Crippen LogP) is 3.34. The summed E-state index contributed by atoms with van der Waals surface area (Å²) in [5.74, 6) is 0.117. The second kappa shape index (κ2) is 7.40. The van der Waals surface area contributed by atoms with Crippen LogP contribution in [0.3, 0.4) is 0 Å². The Labute approximate surface area is 153 Å². The number of nitrogens with zero attached hydrogens (tertiary/aromatic N) is 4. The molecule has 138 valence electrons. The van der Waals surface area contributed by atoms with Gasteiger partial charge < -0.3 is 9.88 Å². The van der Waals surface area contributed by atoms with Gasteiger partial charge >= 0.3 is 5.69 Å². The zero-order valence-electron chi connectivity index (χ0n) is 14.3. The van der Waals surface area contributed by atoms with E-state index in [1.165, 1.54) is 17.8 Å². The molecule has 0 bridgehead atoms. The zero-order valence-corrected chi connectivity index (χ0v) is 15.1. The van der Waals surface area contributed by atoms with E-state index >= 15 is 0 Å². The van der Waals surface area contributed by atoms with Gasteiger partial charge in [-0.05, 0) is 38.8 Å². The van der Waals surface area contributed by atoms with Gasteiger partial charge in [0.25, 0.3) is 0 Å².